The Balaban J connectivity index is 0.000000189. The minimum Gasteiger partial charge on any atom is -0.461 e. The van der Waals surface area contributed by atoms with Crippen molar-refractivity contribution in [3.8, 4) is 69.6 Å². The highest BCUT2D eigenvalue weighted by Gasteiger charge is 2.17. The summed E-state index contributed by atoms with van der Waals surface area (Å²) in [5, 5.41) is 29.6. The van der Waals surface area contributed by atoms with Gasteiger partial charge in [0.1, 0.15) is 29.2 Å². The van der Waals surface area contributed by atoms with E-state index in [1.54, 1.807) is 197 Å². The smallest absolute Gasteiger partial charge is 0.240 e. The third kappa shape index (κ3) is 23.8. The van der Waals surface area contributed by atoms with Gasteiger partial charge in [-0.1, -0.05) is 0 Å². The zero-order valence-corrected chi connectivity index (χ0v) is 54.0. The Morgan fingerprint density at radius 2 is 0.787 bits per heavy atom. The number of nitrogen functional groups attached to an aromatic ring is 1. The molecule has 12 heterocycles. The molecule has 0 aliphatic heterocycles. The van der Waals surface area contributed by atoms with Crippen molar-refractivity contribution in [3.05, 3.63) is 172 Å². The van der Waals surface area contributed by atoms with Gasteiger partial charge in [0.2, 0.25) is 23.0 Å². The van der Waals surface area contributed by atoms with Gasteiger partial charge in [-0.15, -0.1) is 23.2 Å². The molecule has 0 fully saturated rings. The van der Waals surface area contributed by atoms with E-state index in [0.29, 0.717) is 92.9 Å². The van der Waals surface area contributed by atoms with Crippen molar-refractivity contribution in [2.75, 3.05) is 88.8 Å². The number of nitrogens with two attached hydrogens (primary N) is 1. The Kier molecular flexibility index (Phi) is 29.8. The van der Waals surface area contributed by atoms with Crippen LogP contribution in [-0.4, -0.2) is 174 Å². The van der Waals surface area contributed by atoms with Crippen molar-refractivity contribution in [1.29, 1.82) is 0 Å². The van der Waals surface area contributed by atoms with Crippen LogP contribution in [0.5, 0.6) is 0 Å². The fraction of sp³-hybridized carbons (Fsp3) is 0.172. The molecule has 0 aromatic carbocycles. The molecule has 0 unspecified atom stereocenters. The number of aromatic nitrogens is 16. The molecule has 0 aliphatic rings. The van der Waals surface area contributed by atoms with Gasteiger partial charge in [-0.2, -0.15) is 20.4 Å². The zero-order chi connectivity index (χ0) is 67.6. The van der Waals surface area contributed by atoms with Crippen LogP contribution in [0.4, 0.5) is 23.3 Å². The number of anilines is 4. The highest BCUT2D eigenvalue weighted by atomic mass is 35.5. The topological polar surface area (TPSA) is 397 Å². The molecule has 0 aliphatic carbocycles. The van der Waals surface area contributed by atoms with Crippen molar-refractivity contribution in [2.45, 2.75) is 0 Å². The van der Waals surface area contributed by atoms with Gasteiger partial charge in [-0.05, 0) is 138 Å². The summed E-state index contributed by atoms with van der Waals surface area (Å²) in [6.45, 7) is 0.453. The number of alkyl halides is 2. The van der Waals surface area contributed by atoms with E-state index in [9.17, 15) is 19.2 Å². The normalized spacial score (nSPS) is 10.2. The molecule has 36 heteroatoms. The molecular weight excluding hydrogens is 1300 g/mol. The van der Waals surface area contributed by atoms with Crippen molar-refractivity contribution in [2.24, 2.45) is 0 Å². The van der Waals surface area contributed by atoms with E-state index in [2.05, 4.69) is 91.7 Å². The lowest BCUT2D eigenvalue weighted by Crippen LogP contribution is -2.27. The van der Waals surface area contributed by atoms with Crippen LogP contribution in [0.3, 0.4) is 0 Å². The Hall–Kier alpha value is -10.8. The zero-order valence-electron chi connectivity index (χ0n) is 51.0. The number of carbonyl (C=O) groups excluding carboxylic acids is 4. The molecule has 8 N–H and O–H groups in total. The predicted octanol–water partition coefficient (Wildman–Crippen LogP) is 7.29. The third-order valence-electron chi connectivity index (χ3n) is 10.6. The maximum Gasteiger partial charge on any atom is 0.240 e. The number of hydrogen-bond acceptors (Lipinski definition) is 25. The Morgan fingerprint density at radius 3 is 1.05 bits per heavy atom. The number of nitrogens with one attached hydrogen (secondary N) is 6. The van der Waals surface area contributed by atoms with Crippen molar-refractivity contribution in [1.82, 2.24) is 99.4 Å². The number of rotatable bonds is 17. The van der Waals surface area contributed by atoms with E-state index in [4.69, 9.17) is 70.0 Å². The minimum atomic E-state index is -0.508. The number of amides is 3. The Morgan fingerprint density at radius 1 is 0.479 bits per heavy atom. The summed E-state index contributed by atoms with van der Waals surface area (Å²) in [6, 6.07) is 27.7. The summed E-state index contributed by atoms with van der Waals surface area (Å²) in [5.41, 5.74) is 5.74. The number of furan rings is 4. The number of nitrogens with zero attached hydrogens (tertiary/aromatic N) is 17. The van der Waals surface area contributed by atoms with Gasteiger partial charge in [-0.3, -0.25) is 19.2 Å². The Labute approximate surface area is 556 Å². The predicted molar refractivity (Wildman–Crippen MR) is 352 cm³/mol. The largest absolute Gasteiger partial charge is 0.461 e. The summed E-state index contributed by atoms with van der Waals surface area (Å²) in [5.74, 6) is 6.33. The number of halogens is 4. The van der Waals surface area contributed by atoms with Crippen LogP contribution in [-0.2, 0) is 19.2 Å². The van der Waals surface area contributed by atoms with Gasteiger partial charge >= 0.3 is 0 Å². The molecule has 12 aromatic heterocycles. The van der Waals surface area contributed by atoms with Crippen LogP contribution >= 0.6 is 46.6 Å². The van der Waals surface area contributed by atoms with E-state index in [-0.39, 0.29) is 42.6 Å². The molecule has 12 rings (SSSR count). The maximum absolute atomic E-state index is 12.0. The second-order valence-electron chi connectivity index (χ2n) is 18.2. The fourth-order valence-electron chi connectivity index (χ4n) is 7.09. The summed E-state index contributed by atoms with van der Waals surface area (Å²) in [6.07, 6.45) is 19.8. The minimum absolute atomic E-state index is 0.0957. The van der Waals surface area contributed by atoms with Gasteiger partial charge in [-0.25, -0.2) is 63.4 Å². The molecule has 0 radical (unpaired) electrons. The van der Waals surface area contributed by atoms with Crippen LogP contribution in [0.25, 0.3) is 69.6 Å². The second kappa shape index (κ2) is 38.8. The van der Waals surface area contributed by atoms with Gasteiger partial charge in [0.05, 0.1) is 44.0 Å². The Bertz CT molecular complexity index is 3890. The standard InChI is InChI=1S/C15H16N6O2.C14H14N6O2.C13H10ClN5O2.C11H9N5O.C2H2Cl2O.C2H7N.CH4ClN/c1-20(2)10-14(22)17-12-9-13(21-7-4-6-16-21)19-15(18-12)11-5-3-8-23-11;1-15-9-13(21)17-11-8-12(20-6-3-5-16-20)19-14(18-11)10-4-2-7-22-10;14-8-12(20)16-10-7-11(19-5-2-4-15-19)18-13(17-10)9-3-1-6-21-9;12-9-7-10(16-5-2-4-13-16)15-11(14-9)8-3-1-6-17-8;3-1-2(4)5;2*1-3-2/h3-9H,10H2,1-2H3,(H,17,18,19,22);2-8,15H,9H2,1H3,(H,17,18,19,21);1-7H,8H2,(H,16,17,18,20);1-7H,(H2,12,14,15);1H2;3H,1-2H3;3H,1H3. The quantitative estimate of drug-likeness (QED) is 0.0267. The third-order valence-corrected chi connectivity index (χ3v) is 11.4. The number of likely N-dealkylation sites (N-methyl/N-ethyl adjacent to an activating group) is 2. The lowest BCUT2D eigenvalue weighted by molar-refractivity contribution is -0.117. The van der Waals surface area contributed by atoms with Crippen LogP contribution < -0.4 is 37.2 Å². The summed E-state index contributed by atoms with van der Waals surface area (Å²) >= 11 is 19.8. The van der Waals surface area contributed by atoms with Crippen LogP contribution in [0.15, 0.2) is 189 Å². The van der Waals surface area contributed by atoms with E-state index < -0.39 is 5.24 Å². The number of carbonyl (C=O) groups is 4. The van der Waals surface area contributed by atoms with Gasteiger partial charge in [0.25, 0.3) is 0 Å². The molecule has 490 valence electrons. The van der Waals surface area contributed by atoms with E-state index >= 15 is 0 Å². The molecule has 0 atom stereocenters. The molecule has 0 bridgehead atoms. The average molecular weight is 1370 g/mol. The summed E-state index contributed by atoms with van der Waals surface area (Å²) < 4.78 is 27.5. The van der Waals surface area contributed by atoms with E-state index in [0.717, 1.165) is 0 Å². The van der Waals surface area contributed by atoms with Crippen LogP contribution in [0, 0.1) is 0 Å². The highest BCUT2D eigenvalue weighted by Crippen LogP contribution is 2.24. The van der Waals surface area contributed by atoms with Gasteiger partial charge < -0.3 is 54.9 Å². The first kappa shape index (κ1) is 72.2. The molecule has 94 heavy (non-hydrogen) atoms. The average Bonchev–Trinajstić information content (AvgIpc) is 1.59. The van der Waals surface area contributed by atoms with Gasteiger partial charge in [0.15, 0.2) is 69.6 Å². The first-order valence-corrected chi connectivity index (χ1v) is 29.2. The van der Waals surface area contributed by atoms with Crippen molar-refractivity contribution in [3.63, 3.8) is 0 Å². The lowest BCUT2D eigenvalue weighted by Gasteiger charge is -2.11. The van der Waals surface area contributed by atoms with Crippen molar-refractivity contribution < 1.29 is 36.8 Å². The molecular formula is C58H62Cl4N24O8. The van der Waals surface area contributed by atoms with Crippen molar-refractivity contribution >= 4 is 92.8 Å². The second-order valence-corrected chi connectivity index (χ2v) is 19.5. The van der Waals surface area contributed by atoms with E-state index in [1.165, 1.54) is 6.26 Å². The monoisotopic (exact) mass is 1360 g/mol. The highest BCUT2D eigenvalue weighted by molar-refractivity contribution is 6.67. The SMILES string of the molecule is CN(C)CC(=O)Nc1cc(-n2cccn2)nc(-c2ccco2)n1.CNC.CNCC(=O)Nc1cc(-n2cccn2)nc(-c2ccco2)n1.CNCl.Nc1cc(-n2cccn2)nc(-c2ccco2)n1.O=C(CCl)Nc1cc(-n2cccn2)nc(-c2ccco2)n1.O=C(Cl)CCl. The molecule has 12 aromatic rings. The first-order valence-electron chi connectivity index (χ1n) is 27.4. The molecule has 0 spiro atoms. The first-order chi connectivity index (χ1) is 45.6. The molecule has 3 amide bonds. The molecule has 32 nitrogen and oxygen atoms in total. The van der Waals surface area contributed by atoms with Crippen LogP contribution in [0.1, 0.15) is 0 Å². The van der Waals surface area contributed by atoms with E-state index in [1.807, 2.05) is 34.3 Å². The molecule has 0 saturated carbocycles. The maximum atomic E-state index is 12.0. The van der Waals surface area contributed by atoms with Gasteiger partial charge in [0, 0.05) is 73.8 Å². The lowest BCUT2D eigenvalue weighted by atomic mass is 10.4. The summed E-state index contributed by atoms with van der Waals surface area (Å²) in [4.78, 5) is 83.1. The van der Waals surface area contributed by atoms with Crippen LogP contribution in [0.2, 0.25) is 0 Å². The number of hydrogen-bond donors (Lipinski definition) is 7. The summed E-state index contributed by atoms with van der Waals surface area (Å²) in [7, 11) is 10.7. The molecule has 0 saturated heterocycles. The fourth-order valence-corrected chi connectivity index (χ4v) is 7.16.